The van der Waals surface area contributed by atoms with Crippen molar-refractivity contribution in [3.05, 3.63) is 29.8 Å². The van der Waals surface area contributed by atoms with Crippen LogP contribution in [-0.2, 0) is 0 Å². The Balaban J connectivity index is 2.28. The van der Waals surface area contributed by atoms with Gasteiger partial charge in [-0.2, -0.15) is 0 Å². The summed E-state index contributed by atoms with van der Waals surface area (Å²) < 4.78 is 5.50. The number of likely N-dealkylation sites (N-methyl/N-ethyl adjacent to an activating group) is 1. The number of nitrogens with one attached hydrogen (secondary N) is 1. The zero-order chi connectivity index (χ0) is 12.1. The Hall–Kier alpha value is -1.02. The third-order valence-corrected chi connectivity index (χ3v) is 3.93. The molecule has 2 rings (SSSR count). The number of ether oxygens (including phenoxy) is 1. The van der Waals surface area contributed by atoms with E-state index in [0.29, 0.717) is 12.0 Å². The van der Waals surface area contributed by atoms with Crippen LogP contribution in [-0.4, -0.2) is 20.2 Å². The van der Waals surface area contributed by atoms with E-state index < -0.39 is 0 Å². The van der Waals surface area contributed by atoms with Crippen molar-refractivity contribution in [1.29, 1.82) is 0 Å². The Bertz CT molecular complexity index is 351. The second-order valence-corrected chi connectivity index (χ2v) is 4.88. The minimum atomic E-state index is 0.591. The highest BCUT2D eigenvalue weighted by Gasteiger charge is 2.25. The maximum atomic E-state index is 5.50. The molecule has 0 aliphatic heterocycles. The zero-order valence-electron chi connectivity index (χ0n) is 10.9. The van der Waals surface area contributed by atoms with Crippen molar-refractivity contribution < 1.29 is 4.74 Å². The van der Waals surface area contributed by atoms with Crippen molar-refractivity contribution in [1.82, 2.24) is 5.32 Å². The second kappa shape index (κ2) is 6.06. The maximum absolute atomic E-state index is 5.50. The van der Waals surface area contributed by atoms with Crippen LogP contribution in [0.15, 0.2) is 24.3 Å². The van der Waals surface area contributed by atoms with Crippen LogP contribution < -0.4 is 10.1 Å². The molecule has 1 N–H and O–H groups in total. The minimum absolute atomic E-state index is 0.591. The highest BCUT2D eigenvalue weighted by Crippen LogP contribution is 2.36. The molecule has 1 fully saturated rings. The number of benzene rings is 1. The molecule has 0 bridgehead atoms. The molecule has 0 heterocycles. The Morgan fingerprint density at radius 1 is 1.12 bits per heavy atom. The topological polar surface area (TPSA) is 21.3 Å². The molecule has 2 unspecified atom stereocenters. The highest BCUT2D eigenvalue weighted by molar-refractivity contribution is 5.37. The lowest BCUT2D eigenvalue weighted by Crippen LogP contribution is -2.31. The summed E-state index contributed by atoms with van der Waals surface area (Å²) >= 11 is 0. The first-order chi connectivity index (χ1) is 8.36. The van der Waals surface area contributed by atoms with E-state index in [1.54, 1.807) is 7.11 Å². The summed E-state index contributed by atoms with van der Waals surface area (Å²) in [6, 6.07) is 9.06. The average Bonchev–Trinajstić information content (AvgIpc) is 2.63. The molecule has 2 heteroatoms. The molecule has 0 spiro atoms. The SMILES string of the molecule is CNC1CCCCCC1c1ccccc1OC. The fraction of sp³-hybridized carbons (Fsp3) is 0.600. The monoisotopic (exact) mass is 233 g/mol. The fourth-order valence-corrected chi connectivity index (χ4v) is 3.00. The van der Waals surface area contributed by atoms with E-state index in [4.69, 9.17) is 4.74 Å². The van der Waals surface area contributed by atoms with Gasteiger partial charge in [-0.1, -0.05) is 37.5 Å². The molecule has 1 aliphatic carbocycles. The summed E-state index contributed by atoms with van der Waals surface area (Å²) in [7, 11) is 3.85. The summed E-state index contributed by atoms with van der Waals surface area (Å²) in [6.07, 6.45) is 6.59. The van der Waals surface area contributed by atoms with Gasteiger partial charge in [-0.25, -0.2) is 0 Å². The molecule has 0 saturated heterocycles. The normalized spacial score (nSPS) is 25.3. The van der Waals surface area contributed by atoms with Gasteiger partial charge in [0.2, 0.25) is 0 Å². The van der Waals surface area contributed by atoms with Crippen LogP contribution in [0.1, 0.15) is 43.6 Å². The van der Waals surface area contributed by atoms with Gasteiger partial charge < -0.3 is 10.1 Å². The van der Waals surface area contributed by atoms with Gasteiger partial charge in [0.05, 0.1) is 7.11 Å². The first-order valence-corrected chi connectivity index (χ1v) is 6.67. The number of hydrogen-bond donors (Lipinski definition) is 1. The zero-order valence-corrected chi connectivity index (χ0v) is 10.9. The van der Waals surface area contributed by atoms with Gasteiger partial charge in [-0.15, -0.1) is 0 Å². The van der Waals surface area contributed by atoms with Crippen LogP contribution in [0.5, 0.6) is 5.75 Å². The van der Waals surface area contributed by atoms with E-state index in [1.807, 2.05) is 6.07 Å². The Kier molecular flexibility index (Phi) is 4.43. The van der Waals surface area contributed by atoms with Gasteiger partial charge in [0.25, 0.3) is 0 Å². The van der Waals surface area contributed by atoms with Crippen molar-refractivity contribution in [2.24, 2.45) is 0 Å². The Labute approximate surface area is 104 Å². The standard InChI is InChI=1S/C15H23NO/c1-16-14-10-5-3-4-8-12(14)13-9-6-7-11-15(13)17-2/h6-7,9,11-12,14,16H,3-5,8,10H2,1-2H3. The van der Waals surface area contributed by atoms with Crippen molar-refractivity contribution in [2.75, 3.05) is 14.2 Å². The van der Waals surface area contributed by atoms with Crippen molar-refractivity contribution in [3.63, 3.8) is 0 Å². The molecule has 0 amide bonds. The Morgan fingerprint density at radius 2 is 1.88 bits per heavy atom. The van der Waals surface area contributed by atoms with Gasteiger partial charge in [-0.3, -0.25) is 0 Å². The highest BCUT2D eigenvalue weighted by atomic mass is 16.5. The van der Waals surface area contributed by atoms with E-state index in [9.17, 15) is 0 Å². The van der Waals surface area contributed by atoms with E-state index in [2.05, 4.69) is 30.6 Å². The molecule has 94 valence electrons. The van der Waals surface area contributed by atoms with Crippen molar-refractivity contribution in [3.8, 4) is 5.75 Å². The molecule has 1 saturated carbocycles. The molecule has 0 aromatic heterocycles. The van der Waals surface area contributed by atoms with E-state index in [0.717, 1.165) is 5.75 Å². The summed E-state index contributed by atoms with van der Waals surface area (Å²) in [5.74, 6) is 1.64. The minimum Gasteiger partial charge on any atom is -0.496 e. The molecular formula is C15H23NO. The molecule has 1 aromatic carbocycles. The quantitative estimate of drug-likeness (QED) is 0.809. The molecule has 2 nitrogen and oxygen atoms in total. The van der Waals surface area contributed by atoms with Crippen molar-refractivity contribution in [2.45, 2.75) is 44.1 Å². The first-order valence-electron chi connectivity index (χ1n) is 6.67. The van der Waals surface area contributed by atoms with Gasteiger partial charge in [0.15, 0.2) is 0 Å². The molecule has 1 aromatic rings. The lowest BCUT2D eigenvalue weighted by atomic mass is 9.87. The van der Waals surface area contributed by atoms with Crippen molar-refractivity contribution >= 4 is 0 Å². The lowest BCUT2D eigenvalue weighted by Gasteiger charge is -2.26. The largest absolute Gasteiger partial charge is 0.496 e. The second-order valence-electron chi connectivity index (χ2n) is 4.88. The molecular weight excluding hydrogens is 210 g/mol. The van der Waals surface area contributed by atoms with Crippen LogP contribution in [0.4, 0.5) is 0 Å². The van der Waals surface area contributed by atoms with Crippen LogP contribution in [0.25, 0.3) is 0 Å². The molecule has 17 heavy (non-hydrogen) atoms. The fourth-order valence-electron chi connectivity index (χ4n) is 3.00. The Morgan fingerprint density at radius 3 is 2.65 bits per heavy atom. The molecule has 0 radical (unpaired) electrons. The van der Waals surface area contributed by atoms with Gasteiger partial charge in [-0.05, 0) is 31.5 Å². The van der Waals surface area contributed by atoms with Gasteiger partial charge in [0.1, 0.15) is 5.75 Å². The third-order valence-electron chi connectivity index (χ3n) is 3.93. The predicted octanol–water partition coefficient (Wildman–Crippen LogP) is 3.33. The van der Waals surface area contributed by atoms with E-state index in [-0.39, 0.29) is 0 Å². The average molecular weight is 233 g/mol. The van der Waals surface area contributed by atoms with Gasteiger partial charge >= 0.3 is 0 Å². The summed E-state index contributed by atoms with van der Waals surface area (Å²) in [6.45, 7) is 0. The number of hydrogen-bond acceptors (Lipinski definition) is 2. The number of rotatable bonds is 3. The maximum Gasteiger partial charge on any atom is 0.122 e. The summed E-state index contributed by atoms with van der Waals surface area (Å²) in [4.78, 5) is 0. The first kappa shape index (κ1) is 12.4. The smallest absolute Gasteiger partial charge is 0.122 e. The van der Waals surface area contributed by atoms with E-state index in [1.165, 1.54) is 37.7 Å². The molecule has 2 atom stereocenters. The lowest BCUT2D eigenvalue weighted by molar-refractivity contribution is 0.385. The van der Waals surface area contributed by atoms with E-state index >= 15 is 0 Å². The third kappa shape index (κ3) is 2.81. The van der Waals surface area contributed by atoms with Crippen LogP contribution in [0.3, 0.4) is 0 Å². The summed E-state index contributed by atoms with van der Waals surface area (Å²) in [5, 5.41) is 3.49. The van der Waals surface area contributed by atoms with Crippen LogP contribution in [0, 0.1) is 0 Å². The summed E-state index contributed by atoms with van der Waals surface area (Å²) in [5.41, 5.74) is 1.37. The van der Waals surface area contributed by atoms with Crippen LogP contribution in [0.2, 0.25) is 0 Å². The number of para-hydroxylation sites is 1. The van der Waals surface area contributed by atoms with Crippen LogP contribution >= 0.6 is 0 Å². The number of methoxy groups -OCH3 is 1. The predicted molar refractivity (Wildman–Crippen MR) is 71.7 cm³/mol. The van der Waals surface area contributed by atoms with Gasteiger partial charge in [0, 0.05) is 12.0 Å². The molecule has 1 aliphatic rings.